The van der Waals surface area contributed by atoms with Crippen molar-refractivity contribution >= 4 is 23.0 Å². The summed E-state index contributed by atoms with van der Waals surface area (Å²) in [4.78, 5) is 0. The maximum Gasteiger partial charge on any atom is 0.170 e. The van der Waals surface area contributed by atoms with Crippen LogP contribution >= 0.6 is 12.2 Å². The van der Waals surface area contributed by atoms with Gasteiger partial charge in [0.1, 0.15) is 13.2 Å². The van der Waals surface area contributed by atoms with E-state index in [4.69, 9.17) is 26.4 Å². The maximum absolute atomic E-state index is 5.91. The average molecular weight is 350 g/mol. The number of rotatable bonds is 6. The second-order valence-corrected chi connectivity index (χ2v) is 6.63. The van der Waals surface area contributed by atoms with Crippen LogP contribution < -0.4 is 20.1 Å². The molecule has 2 aliphatic rings. The van der Waals surface area contributed by atoms with Gasteiger partial charge in [-0.3, -0.25) is 0 Å². The summed E-state index contributed by atoms with van der Waals surface area (Å²) in [5.41, 5.74) is 0.898. The van der Waals surface area contributed by atoms with Crippen LogP contribution in [0.25, 0.3) is 0 Å². The van der Waals surface area contributed by atoms with Gasteiger partial charge in [0, 0.05) is 24.9 Å². The van der Waals surface area contributed by atoms with Crippen LogP contribution in [0.4, 0.5) is 5.69 Å². The smallest absolute Gasteiger partial charge is 0.170 e. The van der Waals surface area contributed by atoms with E-state index < -0.39 is 0 Å². The Hall–Kier alpha value is -1.53. The minimum absolute atomic E-state index is 0.474. The molecule has 1 heterocycles. The molecule has 0 atom stereocenters. The Morgan fingerprint density at radius 3 is 2.75 bits per heavy atom. The Kier molecular flexibility index (Phi) is 6.55. The lowest BCUT2D eigenvalue weighted by molar-refractivity contribution is 0.0277. The Bertz CT molecular complexity index is 547. The zero-order chi connectivity index (χ0) is 16.6. The van der Waals surface area contributed by atoms with Crippen LogP contribution in [0.5, 0.6) is 11.5 Å². The Morgan fingerprint density at radius 2 is 1.92 bits per heavy atom. The molecule has 0 radical (unpaired) electrons. The van der Waals surface area contributed by atoms with Crippen molar-refractivity contribution in [3.05, 3.63) is 18.2 Å². The number of ether oxygens (including phenoxy) is 3. The number of anilines is 1. The molecule has 6 heteroatoms. The number of fused-ring (bicyclic) bond motifs is 1. The van der Waals surface area contributed by atoms with Crippen molar-refractivity contribution in [2.24, 2.45) is 0 Å². The Morgan fingerprint density at radius 1 is 1.12 bits per heavy atom. The third-order valence-electron chi connectivity index (χ3n) is 4.31. The van der Waals surface area contributed by atoms with E-state index in [1.165, 1.54) is 32.1 Å². The van der Waals surface area contributed by atoms with Crippen molar-refractivity contribution in [3.63, 3.8) is 0 Å². The molecule has 0 unspecified atom stereocenters. The van der Waals surface area contributed by atoms with Crippen LogP contribution in [0.15, 0.2) is 18.2 Å². The molecule has 1 aromatic carbocycles. The fourth-order valence-corrected chi connectivity index (χ4v) is 3.27. The van der Waals surface area contributed by atoms with Crippen molar-refractivity contribution in [2.45, 2.75) is 44.6 Å². The summed E-state index contributed by atoms with van der Waals surface area (Å²) < 4.78 is 17.0. The quantitative estimate of drug-likeness (QED) is 0.605. The normalized spacial score (nSPS) is 17.3. The summed E-state index contributed by atoms with van der Waals surface area (Å²) in [7, 11) is 0. The average Bonchev–Trinajstić information content (AvgIpc) is 2.62. The third-order valence-corrected chi connectivity index (χ3v) is 4.56. The molecule has 1 aliphatic carbocycles. The van der Waals surface area contributed by atoms with Gasteiger partial charge in [-0.15, -0.1) is 0 Å². The molecular formula is C18H26N2O3S. The second-order valence-electron chi connectivity index (χ2n) is 6.22. The molecule has 0 bridgehead atoms. The fourth-order valence-electron chi connectivity index (χ4n) is 3.05. The molecule has 2 N–H and O–H groups in total. The number of benzene rings is 1. The number of hydrogen-bond acceptors (Lipinski definition) is 4. The molecule has 24 heavy (non-hydrogen) atoms. The van der Waals surface area contributed by atoms with Gasteiger partial charge < -0.3 is 24.8 Å². The molecule has 0 spiro atoms. The Labute approximate surface area is 149 Å². The highest BCUT2D eigenvalue weighted by Gasteiger charge is 2.13. The van der Waals surface area contributed by atoms with Gasteiger partial charge in [0.05, 0.1) is 6.10 Å². The van der Waals surface area contributed by atoms with Crippen LogP contribution in [0.2, 0.25) is 0 Å². The van der Waals surface area contributed by atoms with Gasteiger partial charge in [0.25, 0.3) is 0 Å². The van der Waals surface area contributed by atoms with Crippen LogP contribution in [0, 0.1) is 0 Å². The summed E-state index contributed by atoms with van der Waals surface area (Å²) in [6.07, 6.45) is 7.86. The van der Waals surface area contributed by atoms with Crippen molar-refractivity contribution in [2.75, 3.05) is 31.7 Å². The van der Waals surface area contributed by atoms with E-state index in [1.807, 2.05) is 18.2 Å². The van der Waals surface area contributed by atoms with Gasteiger partial charge in [-0.05, 0) is 43.6 Å². The van der Waals surface area contributed by atoms with E-state index in [-0.39, 0.29) is 0 Å². The lowest BCUT2D eigenvalue weighted by Crippen LogP contribution is -2.30. The van der Waals surface area contributed by atoms with E-state index >= 15 is 0 Å². The topological polar surface area (TPSA) is 51.8 Å². The van der Waals surface area contributed by atoms with Gasteiger partial charge in [-0.2, -0.15) is 0 Å². The summed E-state index contributed by atoms with van der Waals surface area (Å²) >= 11 is 5.33. The van der Waals surface area contributed by atoms with E-state index in [0.717, 1.165) is 36.8 Å². The van der Waals surface area contributed by atoms with Gasteiger partial charge in [-0.25, -0.2) is 0 Å². The lowest BCUT2D eigenvalue weighted by atomic mass is 9.98. The molecule has 0 aromatic heterocycles. The zero-order valence-corrected chi connectivity index (χ0v) is 14.8. The fraction of sp³-hybridized carbons (Fsp3) is 0.611. The summed E-state index contributed by atoms with van der Waals surface area (Å²) in [5.74, 6) is 1.54. The molecule has 132 valence electrons. The SMILES string of the molecule is S=C(NCCCOC1CCCCC1)Nc1ccc2c(c1)OCCO2. The largest absolute Gasteiger partial charge is 0.486 e. The second kappa shape index (κ2) is 9.08. The standard InChI is InChI=1S/C18H26N2O3S/c24-18(19-9-4-10-21-15-5-2-1-3-6-15)20-14-7-8-16-17(13-14)23-12-11-22-16/h7-8,13,15H,1-6,9-12H2,(H2,19,20,24). The van der Waals surface area contributed by atoms with Gasteiger partial charge in [0.15, 0.2) is 16.6 Å². The Balaban J connectivity index is 1.32. The van der Waals surface area contributed by atoms with E-state index in [1.54, 1.807) is 0 Å². The molecule has 5 nitrogen and oxygen atoms in total. The minimum Gasteiger partial charge on any atom is -0.486 e. The highest BCUT2D eigenvalue weighted by Crippen LogP contribution is 2.32. The predicted molar refractivity (Wildman–Crippen MR) is 99.1 cm³/mol. The number of nitrogens with one attached hydrogen (secondary N) is 2. The van der Waals surface area contributed by atoms with Crippen molar-refractivity contribution in [1.29, 1.82) is 0 Å². The first-order valence-corrected chi connectivity index (χ1v) is 9.28. The van der Waals surface area contributed by atoms with Crippen LogP contribution in [-0.2, 0) is 4.74 Å². The van der Waals surface area contributed by atoms with Crippen LogP contribution in [-0.4, -0.2) is 37.6 Å². The molecule has 3 rings (SSSR count). The monoisotopic (exact) mass is 350 g/mol. The first kappa shape index (κ1) is 17.3. The van der Waals surface area contributed by atoms with E-state index in [9.17, 15) is 0 Å². The van der Waals surface area contributed by atoms with E-state index in [2.05, 4.69) is 10.6 Å². The minimum atomic E-state index is 0.474. The first-order chi connectivity index (χ1) is 11.8. The van der Waals surface area contributed by atoms with E-state index in [0.29, 0.717) is 24.4 Å². The molecule has 1 aliphatic heterocycles. The predicted octanol–water partition coefficient (Wildman–Crippen LogP) is 3.48. The van der Waals surface area contributed by atoms with Crippen molar-refractivity contribution in [3.8, 4) is 11.5 Å². The summed E-state index contributed by atoms with van der Waals surface area (Å²) in [6.45, 7) is 2.79. The van der Waals surface area contributed by atoms with Gasteiger partial charge in [-0.1, -0.05) is 19.3 Å². The van der Waals surface area contributed by atoms with Gasteiger partial charge in [0.2, 0.25) is 0 Å². The van der Waals surface area contributed by atoms with Gasteiger partial charge >= 0.3 is 0 Å². The molecule has 0 saturated heterocycles. The lowest BCUT2D eigenvalue weighted by Gasteiger charge is -2.22. The summed E-state index contributed by atoms with van der Waals surface area (Å²) in [5, 5.41) is 7.01. The maximum atomic E-state index is 5.91. The van der Waals surface area contributed by atoms with Crippen LogP contribution in [0.1, 0.15) is 38.5 Å². The number of hydrogen-bond donors (Lipinski definition) is 2. The molecule has 1 aromatic rings. The van der Waals surface area contributed by atoms with Crippen molar-refractivity contribution in [1.82, 2.24) is 5.32 Å². The third kappa shape index (κ3) is 5.24. The van der Waals surface area contributed by atoms with Crippen molar-refractivity contribution < 1.29 is 14.2 Å². The zero-order valence-electron chi connectivity index (χ0n) is 14.0. The first-order valence-electron chi connectivity index (χ1n) is 8.87. The molecule has 1 fully saturated rings. The summed E-state index contributed by atoms with van der Waals surface area (Å²) in [6, 6.07) is 5.75. The van der Waals surface area contributed by atoms with Crippen LogP contribution in [0.3, 0.4) is 0 Å². The number of thiocarbonyl (C=S) groups is 1. The molecule has 0 amide bonds. The molecular weight excluding hydrogens is 324 g/mol. The molecule has 1 saturated carbocycles. The highest BCUT2D eigenvalue weighted by molar-refractivity contribution is 7.80. The highest BCUT2D eigenvalue weighted by atomic mass is 32.1.